The summed E-state index contributed by atoms with van der Waals surface area (Å²) in [5.74, 6) is 0.0180. The fourth-order valence-corrected chi connectivity index (χ4v) is 4.75. The molecule has 1 fully saturated rings. The zero-order valence-corrected chi connectivity index (χ0v) is 19.8. The number of benzene rings is 2. The Hall–Kier alpha value is -4.16. The van der Waals surface area contributed by atoms with Crippen LogP contribution in [-0.2, 0) is 0 Å². The Morgan fingerprint density at radius 2 is 1.92 bits per heavy atom. The number of H-pyrrole nitrogens is 1. The Bertz CT molecular complexity index is 1420. The van der Waals surface area contributed by atoms with Crippen LogP contribution >= 0.6 is 0 Å². The maximum Gasteiger partial charge on any atom is 0.158 e. The van der Waals surface area contributed by atoms with E-state index in [1.54, 1.807) is 0 Å². The van der Waals surface area contributed by atoms with Gasteiger partial charge in [0.15, 0.2) is 11.5 Å². The number of aromatic nitrogens is 3. The Morgan fingerprint density at radius 1 is 1.14 bits per heavy atom. The van der Waals surface area contributed by atoms with Gasteiger partial charge in [-0.3, -0.25) is 5.10 Å². The molecule has 184 valence electrons. The van der Waals surface area contributed by atoms with E-state index in [0.29, 0.717) is 28.8 Å². The summed E-state index contributed by atoms with van der Waals surface area (Å²) in [7, 11) is 0. The van der Waals surface area contributed by atoms with Gasteiger partial charge in [0.2, 0.25) is 0 Å². The summed E-state index contributed by atoms with van der Waals surface area (Å²) in [5, 5.41) is 27.0. The Morgan fingerprint density at radius 3 is 2.64 bits per heavy atom. The number of halogens is 1. The van der Waals surface area contributed by atoms with Crippen LogP contribution in [0.5, 0.6) is 11.5 Å². The van der Waals surface area contributed by atoms with Crippen LogP contribution in [0, 0.1) is 17.1 Å². The molecule has 0 amide bonds. The second kappa shape index (κ2) is 10.2. The number of ether oxygens (including phenoxy) is 1. The number of anilines is 1. The molecule has 9 heteroatoms. The number of likely N-dealkylation sites (tertiary alicyclic amines) is 1. The molecule has 0 atom stereocenters. The third-order valence-corrected chi connectivity index (χ3v) is 6.53. The number of rotatable bonds is 7. The van der Waals surface area contributed by atoms with E-state index >= 15 is 0 Å². The molecule has 0 saturated carbocycles. The molecule has 36 heavy (non-hydrogen) atoms. The smallest absolute Gasteiger partial charge is 0.158 e. The molecule has 1 saturated heterocycles. The van der Waals surface area contributed by atoms with E-state index in [0.717, 1.165) is 24.8 Å². The van der Waals surface area contributed by atoms with Crippen molar-refractivity contribution in [3.63, 3.8) is 0 Å². The van der Waals surface area contributed by atoms with Gasteiger partial charge in [-0.1, -0.05) is 18.6 Å². The van der Waals surface area contributed by atoms with Gasteiger partial charge in [-0.05, 0) is 62.2 Å². The molecule has 4 N–H and O–H groups in total. The number of aromatic hydroxyl groups is 1. The van der Waals surface area contributed by atoms with Gasteiger partial charge in [0, 0.05) is 23.7 Å². The normalized spacial score (nSPS) is 14.1. The molecular weight excluding hydrogens is 459 g/mol. The molecule has 2 aromatic heterocycles. The highest BCUT2D eigenvalue weighted by Gasteiger charge is 2.23. The van der Waals surface area contributed by atoms with Crippen molar-refractivity contribution in [3.05, 3.63) is 53.8 Å². The van der Waals surface area contributed by atoms with Gasteiger partial charge in [0.25, 0.3) is 0 Å². The van der Waals surface area contributed by atoms with Gasteiger partial charge < -0.3 is 20.5 Å². The highest BCUT2D eigenvalue weighted by molar-refractivity contribution is 6.04. The molecule has 8 nitrogen and oxygen atoms in total. The number of hydrogen-bond donors (Lipinski definition) is 3. The van der Waals surface area contributed by atoms with Crippen molar-refractivity contribution in [2.45, 2.75) is 25.7 Å². The molecule has 1 aliphatic heterocycles. The van der Waals surface area contributed by atoms with E-state index < -0.39 is 5.82 Å². The SMILES string of the molecule is N#Cc1c(-c2ccc(O)cc2F)nc2[nH]nc(N)c2c1-c1ccc(OCCCN2CCCCC2)cc1. The lowest BCUT2D eigenvalue weighted by atomic mass is 9.93. The van der Waals surface area contributed by atoms with E-state index in [2.05, 4.69) is 26.2 Å². The van der Waals surface area contributed by atoms with E-state index in [1.165, 1.54) is 44.5 Å². The number of pyridine rings is 1. The third kappa shape index (κ3) is 4.68. The summed E-state index contributed by atoms with van der Waals surface area (Å²) in [6.45, 7) is 4.00. The van der Waals surface area contributed by atoms with Crippen LogP contribution < -0.4 is 10.5 Å². The van der Waals surface area contributed by atoms with Crippen molar-refractivity contribution >= 4 is 16.9 Å². The Labute approximate surface area is 208 Å². The van der Waals surface area contributed by atoms with Crippen molar-refractivity contribution in [1.82, 2.24) is 20.1 Å². The highest BCUT2D eigenvalue weighted by atomic mass is 19.1. The third-order valence-electron chi connectivity index (χ3n) is 6.53. The average Bonchev–Trinajstić information content (AvgIpc) is 3.27. The lowest BCUT2D eigenvalue weighted by Gasteiger charge is -2.26. The maximum atomic E-state index is 14.7. The number of phenolic OH excluding ortho intramolecular Hbond substituents is 1. The second-order valence-corrected chi connectivity index (χ2v) is 8.95. The molecule has 1 aliphatic rings. The highest BCUT2D eigenvalue weighted by Crippen LogP contribution is 2.39. The molecule has 0 bridgehead atoms. The number of fused-ring (bicyclic) bond motifs is 1. The lowest BCUT2D eigenvalue weighted by molar-refractivity contribution is 0.205. The quantitative estimate of drug-likeness (QED) is 0.319. The number of nitrogens with one attached hydrogen (secondary N) is 1. The van der Waals surface area contributed by atoms with Crippen molar-refractivity contribution in [3.8, 4) is 40.0 Å². The predicted octanol–water partition coefficient (Wildman–Crippen LogP) is 4.85. The first-order chi connectivity index (χ1) is 17.5. The van der Waals surface area contributed by atoms with Crippen LogP contribution in [-0.4, -0.2) is 51.4 Å². The lowest BCUT2D eigenvalue weighted by Crippen LogP contribution is -2.31. The molecule has 4 aromatic rings. The first kappa shape index (κ1) is 23.6. The zero-order valence-electron chi connectivity index (χ0n) is 19.8. The number of hydrogen-bond acceptors (Lipinski definition) is 7. The van der Waals surface area contributed by atoms with E-state index in [9.17, 15) is 14.8 Å². The van der Waals surface area contributed by atoms with Gasteiger partial charge in [0.1, 0.15) is 23.4 Å². The van der Waals surface area contributed by atoms with Crippen molar-refractivity contribution in [2.24, 2.45) is 0 Å². The molecule has 0 radical (unpaired) electrons. The second-order valence-electron chi connectivity index (χ2n) is 8.95. The van der Waals surface area contributed by atoms with Crippen LogP contribution in [0.3, 0.4) is 0 Å². The Kier molecular flexibility index (Phi) is 6.69. The fourth-order valence-electron chi connectivity index (χ4n) is 4.75. The number of nitrogens with two attached hydrogens (primary N) is 1. The fraction of sp³-hybridized carbons (Fsp3) is 0.296. The molecule has 3 heterocycles. The summed E-state index contributed by atoms with van der Waals surface area (Å²) in [5.41, 5.74) is 8.06. The van der Waals surface area contributed by atoms with Crippen LogP contribution in [0.4, 0.5) is 10.2 Å². The van der Waals surface area contributed by atoms with E-state index in [4.69, 9.17) is 10.5 Å². The van der Waals surface area contributed by atoms with Gasteiger partial charge in [-0.2, -0.15) is 10.4 Å². The maximum absolute atomic E-state index is 14.7. The summed E-state index contributed by atoms with van der Waals surface area (Å²) in [6, 6.07) is 13.3. The predicted molar refractivity (Wildman–Crippen MR) is 136 cm³/mol. The number of piperidine rings is 1. The molecular formula is C27H27FN6O2. The van der Waals surface area contributed by atoms with Crippen LogP contribution in [0.15, 0.2) is 42.5 Å². The molecule has 0 spiro atoms. The molecule has 0 aliphatic carbocycles. The van der Waals surface area contributed by atoms with Gasteiger partial charge in [-0.25, -0.2) is 9.37 Å². The topological polar surface area (TPSA) is 124 Å². The standard InChI is InChI=1S/C27H27FN6O2/c28-22-15-18(35)7-10-20(22)25-21(16-29)23(24-26(30)32-33-27(24)31-25)17-5-8-19(9-6-17)36-14-4-13-34-11-2-1-3-12-34/h5-10,15,35H,1-4,11-14H2,(H3,30,31,32,33). The minimum absolute atomic E-state index is 0.0920. The summed E-state index contributed by atoms with van der Waals surface area (Å²) < 4.78 is 20.7. The average molecular weight is 487 g/mol. The van der Waals surface area contributed by atoms with Crippen molar-refractivity contribution in [1.29, 1.82) is 5.26 Å². The first-order valence-electron chi connectivity index (χ1n) is 12.1. The summed E-state index contributed by atoms with van der Waals surface area (Å²) in [6.07, 6.45) is 4.83. The summed E-state index contributed by atoms with van der Waals surface area (Å²) in [4.78, 5) is 6.93. The monoisotopic (exact) mass is 486 g/mol. The van der Waals surface area contributed by atoms with Crippen molar-refractivity contribution < 1.29 is 14.2 Å². The Balaban J connectivity index is 1.44. The van der Waals surface area contributed by atoms with Gasteiger partial charge >= 0.3 is 0 Å². The zero-order chi connectivity index (χ0) is 25.1. The number of nitriles is 1. The molecule has 5 rings (SSSR count). The van der Waals surface area contributed by atoms with Gasteiger partial charge in [0.05, 0.1) is 23.3 Å². The van der Waals surface area contributed by atoms with Crippen LogP contribution in [0.25, 0.3) is 33.4 Å². The number of phenols is 1. The first-order valence-corrected chi connectivity index (χ1v) is 12.1. The number of nitrogens with zero attached hydrogens (tertiary/aromatic N) is 4. The van der Waals surface area contributed by atoms with Crippen LogP contribution in [0.1, 0.15) is 31.2 Å². The minimum Gasteiger partial charge on any atom is -0.508 e. The molecule has 0 unspecified atom stereocenters. The summed E-state index contributed by atoms with van der Waals surface area (Å²) >= 11 is 0. The van der Waals surface area contributed by atoms with Gasteiger partial charge in [-0.15, -0.1) is 0 Å². The van der Waals surface area contributed by atoms with Crippen LogP contribution in [0.2, 0.25) is 0 Å². The minimum atomic E-state index is -0.690. The molecule has 2 aromatic carbocycles. The van der Waals surface area contributed by atoms with Crippen molar-refractivity contribution in [2.75, 3.05) is 32.0 Å². The van der Waals surface area contributed by atoms with E-state index in [-0.39, 0.29) is 28.4 Å². The van der Waals surface area contributed by atoms with E-state index in [1.807, 2.05) is 24.3 Å². The number of aromatic amines is 1. The number of nitrogen functional groups attached to an aromatic ring is 1. The largest absolute Gasteiger partial charge is 0.508 e.